The highest BCUT2D eigenvalue weighted by Gasteiger charge is 2.29. The molecule has 3 aromatic carbocycles. The van der Waals surface area contributed by atoms with Crippen LogP contribution in [0.5, 0.6) is 0 Å². The van der Waals surface area contributed by atoms with Gasteiger partial charge in [0.25, 0.3) is 0 Å². The zero-order valence-corrected chi connectivity index (χ0v) is 20.1. The molecule has 0 N–H and O–H groups in total. The number of halogens is 2. The maximum atomic E-state index is 14.3. The lowest BCUT2D eigenvalue weighted by atomic mass is 9.87. The fourth-order valence-electron chi connectivity index (χ4n) is 5.42. The topological polar surface area (TPSA) is 26.8 Å². The number of aryl methyl sites for hydroxylation is 1. The van der Waals surface area contributed by atoms with Crippen LogP contribution in [0.25, 0.3) is 0 Å². The van der Waals surface area contributed by atoms with E-state index in [4.69, 9.17) is 0 Å². The van der Waals surface area contributed by atoms with Gasteiger partial charge < -0.3 is 9.80 Å². The smallest absolute Gasteiger partial charge is 0.241 e. The van der Waals surface area contributed by atoms with Crippen LogP contribution < -0.4 is 9.80 Å². The molecule has 0 bridgehead atoms. The van der Waals surface area contributed by atoms with Gasteiger partial charge in [0.15, 0.2) is 0 Å². The molecule has 1 atom stereocenters. The quantitative estimate of drug-likeness (QED) is 0.509. The second-order valence-corrected chi connectivity index (χ2v) is 9.54. The predicted molar refractivity (Wildman–Crippen MR) is 136 cm³/mol. The highest BCUT2D eigenvalue weighted by Crippen LogP contribution is 2.39. The van der Waals surface area contributed by atoms with Gasteiger partial charge in [0.05, 0.1) is 12.2 Å². The first kappa shape index (κ1) is 23.5. The van der Waals surface area contributed by atoms with E-state index in [0.29, 0.717) is 18.8 Å². The minimum absolute atomic E-state index is 0.000878. The fourth-order valence-corrected chi connectivity index (χ4v) is 5.42. The number of benzene rings is 3. The van der Waals surface area contributed by atoms with Crippen molar-refractivity contribution in [1.29, 1.82) is 0 Å². The van der Waals surface area contributed by atoms with Crippen molar-refractivity contribution in [3.05, 3.63) is 95.1 Å². The summed E-state index contributed by atoms with van der Waals surface area (Å²) in [5.74, 6) is -0.628. The molecule has 1 fully saturated rings. The zero-order valence-electron chi connectivity index (χ0n) is 20.1. The van der Waals surface area contributed by atoms with Gasteiger partial charge >= 0.3 is 0 Å². The fraction of sp³-hybridized carbons (Fsp3) is 0.345. The Balaban J connectivity index is 1.31. The Kier molecular flexibility index (Phi) is 6.82. The molecule has 0 radical (unpaired) electrons. The number of piperazine rings is 1. The van der Waals surface area contributed by atoms with Gasteiger partial charge in [0, 0.05) is 44.3 Å². The van der Waals surface area contributed by atoms with E-state index >= 15 is 0 Å². The Bertz CT molecular complexity index is 1190. The van der Waals surface area contributed by atoms with Crippen LogP contribution >= 0.6 is 0 Å². The van der Waals surface area contributed by atoms with E-state index in [1.54, 1.807) is 23.1 Å². The third-order valence-corrected chi connectivity index (χ3v) is 7.29. The van der Waals surface area contributed by atoms with Crippen molar-refractivity contribution in [2.75, 3.05) is 49.1 Å². The number of carbonyl (C=O) groups is 1. The van der Waals surface area contributed by atoms with Crippen molar-refractivity contribution in [2.24, 2.45) is 0 Å². The van der Waals surface area contributed by atoms with Crippen LogP contribution in [-0.2, 0) is 4.79 Å². The molecule has 1 unspecified atom stereocenters. The number of anilines is 2. The highest BCUT2D eigenvalue weighted by molar-refractivity contribution is 5.96. The Hall–Kier alpha value is -3.25. The number of nitrogens with zero attached hydrogens (tertiary/aromatic N) is 3. The normalized spacial score (nSPS) is 18.8. The highest BCUT2D eigenvalue weighted by atomic mass is 19.1. The molecule has 2 aliphatic rings. The lowest BCUT2D eigenvalue weighted by Crippen LogP contribution is -2.50. The average molecular weight is 476 g/mol. The van der Waals surface area contributed by atoms with E-state index in [0.717, 1.165) is 50.1 Å². The predicted octanol–water partition coefficient (Wildman–Crippen LogP) is 5.35. The summed E-state index contributed by atoms with van der Waals surface area (Å²) in [5, 5.41) is 0. The molecule has 6 heteroatoms. The molecule has 2 aliphatic heterocycles. The molecule has 0 saturated carbocycles. The summed E-state index contributed by atoms with van der Waals surface area (Å²) in [6.07, 6.45) is 1.62. The van der Waals surface area contributed by atoms with Crippen molar-refractivity contribution in [1.82, 2.24) is 4.90 Å². The third kappa shape index (κ3) is 5.08. The van der Waals surface area contributed by atoms with Gasteiger partial charge in [-0.15, -0.1) is 0 Å². The molecule has 35 heavy (non-hydrogen) atoms. The molecule has 4 nitrogen and oxygen atoms in total. The molecule has 0 aromatic heterocycles. The monoisotopic (exact) mass is 475 g/mol. The van der Waals surface area contributed by atoms with E-state index in [-0.39, 0.29) is 23.5 Å². The van der Waals surface area contributed by atoms with E-state index in [1.165, 1.54) is 35.5 Å². The van der Waals surface area contributed by atoms with E-state index in [9.17, 15) is 13.6 Å². The van der Waals surface area contributed by atoms with Gasteiger partial charge in [-0.1, -0.05) is 36.4 Å². The van der Waals surface area contributed by atoms with Crippen molar-refractivity contribution in [3.8, 4) is 0 Å². The second-order valence-electron chi connectivity index (χ2n) is 9.54. The van der Waals surface area contributed by atoms with Crippen LogP contribution in [0, 0.1) is 18.6 Å². The molecule has 3 aromatic rings. The number of hydrogen-bond donors (Lipinski definition) is 0. The maximum Gasteiger partial charge on any atom is 0.241 e. The van der Waals surface area contributed by atoms with Crippen molar-refractivity contribution in [3.63, 3.8) is 0 Å². The van der Waals surface area contributed by atoms with Gasteiger partial charge in [0.2, 0.25) is 5.91 Å². The molecular formula is C29H31F2N3O. The SMILES string of the molecule is Cc1ccccc1N1CCN(CC(=O)N2CCCC(c3ccc(F)cc3)c3ccc(F)cc32)CC1. The summed E-state index contributed by atoms with van der Waals surface area (Å²) in [6.45, 7) is 6.35. The average Bonchev–Trinajstić information content (AvgIpc) is 3.05. The summed E-state index contributed by atoms with van der Waals surface area (Å²) in [4.78, 5) is 19.8. The Morgan fingerprint density at radius 3 is 2.31 bits per heavy atom. The first-order valence-corrected chi connectivity index (χ1v) is 12.4. The summed E-state index contributed by atoms with van der Waals surface area (Å²) in [6, 6.07) is 19.6. The summed E-state index contributed by atoms with van der Waals surface area (Å²) < 4.78 is 27.8. The molecule has 5 rings (SSSR count). The van der Waals surface area contributed by atoms with Crippen LogP contribution in [-0.4, -0.2) is 50.1 Å². The molecule has 2 heterocycles. The number of hydrogen-bond acceptors (Lipinski definition) is 3. The number of carbonyl (C=O) groups excluding carboxylic acids is 1. The Labute approximate surface area is 205 Å². The third-order valence-electron chi connectivity index (χ3n) is 7.29. The summed E-state index contributed by atoms with van der Waals surface area (Å²) >= 11 is 0. The van der Waals surface area contributed by atoms with Crippen molar-refractivity contribution in [2.45, 2.75) is 25.7 Å². The standard InChI is InChI=1S/C29H31F2N3O/c1-21-5-2-3-7-27(21)33-17-15-32(16-18-33)20-29(35)34-14-4-6-25(22-8-10-23(30)11-9-22)26-13-12-24(31)19-28(26)34/h2-3,5,7-13,19,25H,4,6,14-18,20H2,1H3. The van der Waals surface area contributed by atoms with Gasteiger partial charge in [-0.3, -0.25) is 9.69 Å². The zero-order chi connectivity index (χ0) is 24.4. The van der Waals surface area contributed by atoms with E-state index < -0.39 is 0 Å². The molecule has 0 spiro atoms. The second kappa shape index (κ2) is 10.2. The minimum Gasteiger partial charge on any atom is -0.369 e. The number of para-hydroxylation sites is 1. The van der Waals surface area contributed by atoms with Crippen molar-refractivity contribution < 1.29 is 13.6 Å². The number of fused-ring (bicyclic) bond motifs is 1. The van der Waals surface area contributed by atoms with Crippen LogP contribution in [0.15, 0.2) is 66.7 Å². The molecule has 1 amide bonds. The van der Waals surface area contributed by atoms with Gasteiger partial charge in [0.1, 0.15) is 11.6 Å². The largest absolute Gasteiger partial charge is 0.369 e. The lowest BCUT2D eigenvalue weighted by Gasteiger charge is -2.37. The Morgan fingerprint density at radius 1 is 0.857 bits per heavy atom. The van der Waals surface area contributed by atoms with Gasteiger partial charge in [-0.05, 0) is 66.8 Å². The molecular weight excluding hydrogens is 444 g/mol. The summed E-state index contributed by atoms with van der Waals surface area (Å²) in [5.41, 5.74) is 5.06. The number of rotatable bonds is 4. The van der Waals surface area contributed by atoms with Crippen LogP contribution in [0.1, 0.15) is 35.4 Å². The van der Waals surface area contributed by atoms with Gasteiger partial charge in [-0.25, -0.2) is 8.78 Å². The molecule has 1 saturated heterocycles. The van der Waals surface area contributed by atoms with Gasteiger partial charge in [-0.2, -0.15) is 0 Å². The Morgan fingerprint density at radius 2 is 1.57 bits per heavy atom. The first-order valence-electron chi connectivity index (χ1n) is 12.4. The maximum absolute atomic E-state index is 14.3. The van der Waals surface area contributed by atoms with Crippen LogP contribution in [0.2, 0.25) is 0 Å². The van der Waals surface area contributed by atoms with Crippen molar-refractivity contribution >= 4 is 17.3 Å². The van der Waals surface area contributed by atoms with E-state index in [1.807, 2.05) is 0 Å². The van der Waals surface area contributed by atoms with Crippen LogP contribution in [0.3, 0.4) is 0 Å². The minimum atomic E-state index is -0.354. The molecule has 0 aliphatic carbocycles. The lowest BCUT2D eigenvalue weighted by molar-refractivity contribution is -0.119. The summed E-state index contributed by atoms with van der Waals surface area (Å²) in [7, 11) is 0. The first-order chi connectivity index (χ1) is 17.0. The molecule has 182 valence electrons. The van der Waals surface area contributed by atoms with E-state index in [2.05, 4.69) is 41.0 Å². The van der Waals surface area contributed by atoms with Crippen LogP contribution in [0.4, 0.5) is 20.2 Å². The number of amides is 1.